The third-order valence-electron chi connectivity index (χ3n) is 6.35. The highest BCUT2D eigenvalue weighted by Crippen LogP contribution is 2.38. The fourth-order valence-electron chi connectivity index (χ4n) is 4.43. The lowest BCUT2D eigenvalue weighted by atomic mass is 9.96. The van der Waals surface area contributed by atoms with Crippen LogP contribution in [0, 0.1) is 0 Å². The number of Topliss-reactive ketones (excluding diaryl/α,β-unsaturated/α-hetero) is 1. The van der Waals surface area contributed by atoms with Crippen LogP contribution in [0.25, 0.3) is 5.57 Å². The number of hydrogen-bond acceptors (Lipinski definition) is 5. The van der Waals surface area contributed by atoms with Crippen LogP contribution in [0.2, 0.25) is 5.02 Å². The lowest BCUT2D eigenvalue weighted by molar-refractivity contribution is -0.120. The number of ether oxygens (including phenoxy) is 2. The Morgan fingerprint density at radius 3 is 2.47 bits per heavy atom. The first kappa shape index (κ1) is 26.7. The molecule has 0 aromatic heterocycles. The molecule has 2 aromatic rings. The molecule has 0 saturated carbocycles. The Balaban J connectivity index is 1.53. The maximum atomic E-state index is 12.6. The molecule has 2 aromatic carbocycles. The predicted molar refractivity (Wildman–Crippen MR) is 147 cm³/mol. The largest absolute Gasteiger partial charge is 0.492 e. The molecule has 2 aliphatic heterocycles. The fraction of sp³-hybridized carbons (Fsp3) is 0.407. The molecule has 36 heavy (non-hydrogen) atoms. The third-order valence-corrected chi connectivity index (χ3v) is 7.47. The molecule has 2 heterocycles. The number of nitrogens with one attached hydrogen (secondary N) is 2. The summed E-state index contributed by atoms with van der Waals surface area (Å²) in [4.78, 5) is 27.5. The molecule has 2 N–H and O–H groups in total. The molecule has 1 unspecified atom stereocenters. The molecule has 0 aliphatic carbocycles. The number of benzene rings is 2. The van der Waals surface area contributed by atoms with Gasteiger partial charge >= 0.3 is 6.03 Å². The van der Waals surface area contributed by atoms with Crippen molar-refractivity contribution in [3.63, 3.8) is 0 Å². The Bertz CT molecular complexity index is 1110. The molecule has 192 valence electrons. The first-order chi connectivity index (χ1) is 17.4. The van der Waals surface area contributed by atoms with Crippen molar-refractivity contribution < 1.29 is 19.1 Å². The van der Waals surface area contributed by atoms with Crippen LogP contribution in [0.1, 0.15) is 38.2 Å². The number of carbonyl (C=O) groups excluding carboxylic acids is 2. The zero-order chi connectivity index (χ0) is 25.5. The Morgan fingerprint density at radius 2 is 1.75 bits per heavy atom. The van der Waals surface area contributed by atoms with E-state index in [2.05, 4.69) is 31.5 Å². The van der Waals surface area contributed by atoms with Crippen molar-refractivity contribution in [3.8, 4) is 5.75 Å². The Morgan fingerprint density at radius 1 is 1.08 bits per heavy atom. The summed E-state index contributed by atoms with van der Waals surface area (Å²) in [5, 5.41) is 6.23. The van der Waals surface area contributed by atoms with E-state index in [0.29, 0.717) is 44.4 Å². The van der Waals surface area contributed by atoms with Crippen molar-refractivity contribution in [3.05, 3.63) is 57.5 Å². The van der Waals surface area contributed by atoms with Crippen LogP contribution in [-0.2, 0) is 9.53 Å². The van der Waals surface area contributed by atoms with Crippen LogP contribution in [-0.4, -0.2) is 55.7 Å². The van der Waals surface area contributed by atoms with Crippen LogP contribution in [0.4, 0.5) is 16.2 Å². The van der Waals surface area contributed by atoms with Crippen molar-refractivity contribution in [2.24, 2.45) is 0 Å². The van der Waals surface area contributed by atoms with Crippen molar-refractivity contribution in [2.45, 2.75) is 38.7 Å². The molecule has 0 bridgehead atoms. The number of rotatable bonds is 7. The minimum Gasteiger partial charge on any atom is -0.492 e. The Kier molecular flexibility index (Phi) is 9.42. The molecule has 7 nitrogen and oxygen atoms in total. The molecular formula is C27H31BrClN3O4. The maximum Gasteiger partial charge on any atom is 0.323 e. The zero-order valence-electron chi connectivity index (χ0n) is 20.3. The van der Waals surface area contributed by atoms with E-state index in [0.717, 1.165) is 19.6 Å². The highest BCUT2D eigenvalue weighted by molar-refractivity contribution is 9.12. The SMILES string of the molecule is CC1OCC(=O)C(Br)=C1c1cc(NC(=O)Nc2ccc(Cl)cc2)ccc1OCCN1CCCCCC1. The predicted octanol–water partition coefficient (Wildman–Crippen LogP) is 6.33. The molecular weight excluding hydrogens is 546 g/mol. The van der Waals surface area contributed by atoms with E-state index in [4.69, 9.17) is 21.1 Å². The summed E-state index contributed by atoms with van der Waals surface area (Å²) in [6.45, 7) is 5.49. The van der Waals surface area contributed by atoms with Crippen LogP contribution in [0.15, 0.2) is 46.9 Å². The Labute approximate surface area is 225 Å². The topological polar surface area (TPSA) is 79.9 Å². The van der Waals surface area contributed by atoms with Crippen molar-refractivity contribution in [2.75, 3.05) is 43.5 Å². The average molecular weight is 577 g/mol. The summed E-state index contributed by atoms with van der Waals surface area (Å²) in [5.41, 5.74) is 2.60. The number of likely N-dealkylation sites (tertiary alicyclic amines) is 1. The van der Waals surface area contributed by atoms with Gasteiger partial charge in [0.1, 0.15) is 19.0 Å². The molecule has 4 rings (SSSR count). The van der Waals surface area contributed by atoms with Crippen molar-refractivity contribution in [1.29, 1.82) is 0 Å². The number of urea groups is 1. The number of amides is 2. The van der Waals surface area contributed by atoms with Crippen LogP contribution < -0.4 is 15.4 Å². The van der Waals surface area contributed by atoms with Gasteiger partial charge in [0, 0.05) is 34.1 Å². The molecule has 9 heteroatoms. The number of ketones is 1. The molecule has 0 spiro atoms. The second kappa shape index (κ2) is 12.7. The molecule has 1 fully saturated rings. The van der Waals surface area contributed by atoms with Gasteiger partial charge in [-0.2, -0.15) is 0 Å². The lowest BCUT2D eigenvalue weighted by Crippen LogP contribution is -2.29. The fourth-order valence-corrected chi connectivity index (χ4v) is 5.20. The number of nitrogens with zero attached hydrogens (tertiary/aromatic N) is 1. The van der Waals surface area contributed by atoms with Gasteiger partial charge in [0.15, 0.2) is 5.78 Å². The van der Waals surface area contributed by atoms with E-state index in [-0.39, 0.29) is 18.5 Å². The van der Waals surface area contributed by atoms with E-state index in [1.807, 2.05) is 19.1 Å². The lowest BCUT2D eigenvalue weighted by Gasteiger charge is -2.26. The average Bonchev–Trinajstić information content (AvgIpc) is 3.13. The maximum absolute atomic E-state index is 12.6. The highest BCUT2D eigenvalue weighted by atomic mass is 79.9. The number of anilines is 2. The standard InChI is InChI=1S/C27H31BrClN3O4/c1-18-25(26(28)23(33)17-36-18)22-16-21(31-27(34)30-20-8-6-19(29)7-9-20)10-11-24(22)35-15-14-32-12-4-2-3-5-13-32/h6-11,16,18H,2-5,12-15,17H2,1H3,(H2,30,31,34). The molecule has 1 atom stereocenters. The van der Waals surface area contributed by atoms with Gasteiger partial charge < -0.3 is 20.1 Å². The first-order valence-corrected chi connectivity index (χ1v) is 13.5. The summed E-state index contributed by atoms with van der Waals surface area (Å²) in [5.74, 6) is 0.517. The summed E-state index contributed by atoms with van der Waals surface area (Å²) in [7, 11) is 0. The summed E-state index contributed by atoms with van der Waals surface area (Å²) in [6.07, 6.45) is 4.70. The van der Waals surface area contributed by atoms with Gasteiger partial charge in [-0.3, -0.25) is 9.69 Å². The second-order valence-corrected chi connectivity index (χ2v) is 10.2. The molecule has 2 amide bonds. The minimum atomic E-state index is -0.393. The number of carbonyl (C=O) groups is 2. The number of halogens is 2. The van der Waals surface area contributed by atoms with E-state index in [1.165, 1.54) is 25.7 Å². The quantitative estimate of drug-likeness (QED) is 0.403. The second-order valence-electron chi connectivity index (χ2n) is 9.01. The smallest absolute Gasteiger partial charge is 0.323 e. The van der Waals surface area contributed by atoms with Gasteiger partial charge in [-0.25, -0.2) is 4.79 Å². The van der Waals surface area contributed by atoms with Crippen LogP contribution in [0.3, 0.4) is 0 Å². The molecule has 0 radical (unpaired) electrons. The van der Waals surface area contributed by atoms with Crippen LogP contribution >= 0.6 is 27.5 Å². The Hall–Kier alpha value is -2.39. The zero-order valence-corrected chi connectivity index (χ0v) is 22.7. The monoisotopic (exact) mass is 575 g/mol. The highest BCUT2D eigenvalue weighted by Gasteiger charge is 2.28. The molecule has 2 aliphatic rings. The third kappa shape index (κ3) is 7.09. The summed E-state index contributed by atoms with van der Waals surface area (Å²) < 4.78 is 12.4. The number of hydrogen-bond donors (Lipinski definition) is 2. The van der Waals surface area contributed by atoms with Gasteiger partial charge in [-0.1, -0.05) is 24.4 Å². The van der Waals surface area contributed by atoms with E-state index in [1.54, 1.807) is 30.3 Å². The molecule has 1 saturated heterocycles. The van der Waals surface area contributed by atoms with E-state index in [9.17, 15) is 9.59 Å². The van der Waals surface area contributed by atoms with E-state index >= 15 is 0 Å². The van der Waals surface area contributed by atoms with Crippen LogP contribution in [0.5, 0.6) is 5.75 Å². The van der Waals surface area contributed by atoms with Gasteiger partial charge in [0.2, 0.25) is 0 Å². The van der Waals surface area contributed by atoms with Crippen molar-refractivity contribution >= 4 is 56.3 Å². The summed E-state index contributed by atoms with van der Waals surface area (Å²) in [6, 6.07) is 11.9. The van der Waals surface area contributed by atoms with Crippen molar-refractivity contribution in [1.82, 2.24) is 4.90 Å². The minimum absolute atomic E-state index is 0.0256. The van der Waals surface area contributed by atoms with Gasteiger partial charge in [-0.15, -0.1) is 0 Å². The van der Waals surface area contributed by atoms with Gasteiger partial charge in [0.05, 0.1) is 10.6 Å². The van der Waals surface area contributed by atoms with E-state index < -0.39 is 6.03 Å². The van der Waals surface area contributed by atoms with Gasteiger partial charge in [-0.05, 0) is 91.2 Å². The van der Waals surface area contributed by atoms with Gasteiger partial charge in [0.25, 0.3) is 0 Å². The first-order valence-electron chi connectivity index (χ1n) is 12.3. The normalized spacial score (nSPS) is 19.1. The summed E-state index contributed by atoms with van der Waals surface area (Å²) >= 11 is 9.39.